The summed E-state index contributed by atoms with van der Waals surface area (Å²) in [6.07, 6.45) is 16.6. The van der Waals surface area contributed by atoms with Crippen LogP contribution in [0.5, 0.6) is 0 Å². The predicted octanol–water partition coefficient (Wildman–Crippen LogP) is 3.42. The van der Waals surface area contributed by atoms with Gasteiger partial charge in [0.2, 0.25) is 0 Å². The molecule has 3 nitrogen and oxygen atoms in total. The van der Waals surface area contributed by atoms with Gasteiger partial charge in [0.05, 0.1) is 23.7 Å². The molecule has 0 amide bonds. The van der Waals surface area contributed by atoms with Crippen LogP contribution in [-0.4, -0.2) is 21.4 Å². The van der Waals surface area contributed by atoms with Gasteiger partial charge in [0.25, 0.3) is 0 Å². The highest BCUT2D eigenvalue weighted by Gasteiger charge is 2.27. The minimum absolute atomic E-state index is 0.687. The Hall–Kier alpha value is -0.800. The molecule has 0 unspecified atom stereocenters. The highest BCUT2D eigenvalue weighted by Crippen LogP contribution is 2.30. The smallest absolute Gasteiger partial charge is 0.0889 e. The zero-order valence-corrected chi connectivity index (χ0v) is 11.7. The molecular formula is C16H26O3. The average molecular weight is 266 g/mol. The summed E-state index contributed by atoms with van der Waals surface area (Å²) < 4.78 is 5.29. The molecular weight excluding hydrogens is 240 g/mol. The first-order chi connectivity index (χ1) is 9.12. The summed E-state index contributed by atoms with van der Waals surface area (Å²) in [5.41, 5.74) is -1.37. The van der Waals surface area contributed by atoms with Crippen LogP contribution in [0.2, 0.25) is 0 Å². The second-order valence-electron chi connectivity index (χ2n) is 6.07. The molecule has 0 atom stereocenters. The van der Waals surface area contributed by atoms with E-state index in [4.69, 9.17) is 4.74 Å². The Morgan fingerprint density at radius 3 is 1.37 bits per heavy atom. The Balaban J connectivity index is 1.75. The van der Waals surface area contributed by atoms with Crippen molar-refractivity contribution >= 4 is 0 Å². The van der Waals surface area contributed by atoms with Crippen molar-refractivity contribution in [3.05, 3.63) is 24.7 Å². The Kier molecular flexibility index (Phi) is 5.06. The maximum Gasteiger partial charge on any atom is 0.0889 e. The summed E-state index contributed by atoms with van der Waals surface area (Å²) in [4.78, 5) is 0. The Labute approximate surface area is 116 Å². The van der Waals surface area contributed by atoms with E-state index in [1.54, 1.807) is 24.7 Å². The lowest BCUT2D eigenvalue weighted by Gasteiger charge is -2.29. The third-order valence-corrected chi connectivity index (χ3v) is 4.35. The Bertz CT molecular complexity index is 289. The molecule has 19 heavy (non-hydrogen) atoms. The standard InChI is InChI=1S/C16H26O3/c17-15(7-3-1-4-8-15)11-13-19-14-12-16(18)9-5-2-6-10-16/h11-14,17-18H,1-10H2. The predicted molar refractivity (Wildman–Crippen MR) is 75.4 cm³/mol. The summed E-state index contributed by atoms with van der Waals surface area (Å²) in [7, 11) is 0. The number of aliphatic hydroxyl groups is 2. The molecule has 0 aromatic heterocycles. The molecule has 0 aromatic rings. The molecule has 0 saturated heterocycles. The zero-order valence-electron chi connectivity index (χ0n) is 11.7. The maximum absolute atomic E-state index is 10.2. The summed E-state index contributed by atoms with van der Waals surface area (Å²) in [5, 5.41) is 20.5. The van der Waals surface area contributed by atoms with Crippen LogP contribution < -0.4 is 0 Å². The van der Waals surface area contributed by atoms with Crippen LogP contribution in [0.3, 0.4) is 0 Å². The van der Waals surface area contributed by atoms with Crippen LogP contribution in [0.25, 0.3) is 0 Å². The third-order valence-electron chi connectivity index (χ3n) is 4.35. The van der Waals surface area contributed by atoms with Gasteiger partial charge in [0, 0.05) is 0 Å². The van der Waals surface area contributed by atoms with Gasteiger partial charge >= 0.3 is 0 Å². The van der Waals surface area contributed by atoms with Crippen molar-refractivity contribution in [3.63, 3.8) is 0 Å². The molecule has 0 heterocycles. The molecule has 0 aromatic carbocycles. The fourth-order valence-electron chi connectivity index (χ4n) is 3.04. The van der Waals surface area contributed by atoms with Crippen molar-refractivity contribution in [2.75, 3.05) is 0 Å². The van der Waals surface area contributed by atoms with Crippen LogP contribution in [-0.2, 0) is 4.74 Å². The van der Waals surface area contributed by atoms with Crippen molar-refractivity contribution in [2.45, 2.75) is 75.4 Å². The van der Waals surface area contributed by atoms with E-state index < -0.39 is 11.2 Å². The number of hydrogen-bond donors (Lipinski definition) is 2. The van der Waals surface area contributed by atoms with Crippen molar-refractivity contribution in [3.8, 4) is 0 Å². The SMILES string of the molecule is OC1(C=COC=CC2(O)CCCCC2)CCCCC1. The van der Waals surface area contributed by atoms with E-state index >= 15 is 0 Å². The van der Waals surface area contributed by atoms with Gasteiger partial charge in [0.15, 0.2) is 0 Å². The molecule has 0 radical (unpaired) electrons. The number of hydrogen-bond acceptors (Lipinski definition) is 3. The summed E-state index contributed by atoms with van der Waals surface area (Å²) in [6.45, 7) is 0. The molecule has 108 valence electrons. The van der Waals surface area contributed by atoms with E-state index in [0.717, 1.165) is 51.4 Å². The molecule has 2 saturated carbocycles. The van der Waals surface area contributed by atoms with Gasteiger partial charge in [-0.1, -0.05) is 38.5 Å². The van der Waals surface area contributed by atoms with E-state index in [9.17, 15) is 10.2 Å². The summed E-state index contributed by atoms with van der Waals surface area (Å²) in [5.74, 6) is 0. The lowest BCUT2D eigenvalue weighted by atomic mass is 9.85. The van der Waals surface area contributed by atoms with Crippen LogP contribution in [0.15, 0.2) is 24.7 Å². The van der Waals surface area contributed by atoms with Gasteiger partial charge in [-0.15, -0.1) is 0 Å². The Morgan fingerprint density at radius 1 is 0.632 bits per heavy atom. The van der Waals surface area contributed by atoms with Crippen molar-refractivity contribution in [2.24, 2.45) is 0 Å². The van der Waals surface area contributed by atoms with Crippen molar-refractivity contribution in [1.29, 1.82) is 0 Å². The van der Waals surface area contributed by atoms with E-state index in [1.807, 2.05) is 0 Å². The van der Waals surface area contributed by atoms with Gasteiger partial charge in [-0.3, -0.25) is 0 Å². The van der Waals surface area contributed by atoms with E-state index in [0.29, 0.717) is 0 Å². The summed E-state index contributed by atoms with van der Waals surface area (Å²) >= 11 is 0. The first-order valence-electron chi connectivity index (χ1n) is 7.58. The molecule has 3 heteroatoms. The number of ether oxygens (including phenoxy) is 1. The zero-order chi connectivity index (χ0) is 13.6. The fourth-order valence-corrected chi connectivity index (χ4v) is 3.04. The van der Waals surface area contributed by atoms with E-state index in [1.165, 1.54) is 12.8 Å². The van der Waals surface area contributed by atoms with Crippen LogP contribution in [0.1, 0.15) is 64.2 Å². The largest absolute Gasteiger partial charge is 0.473 e. The van der Waals surface area contributed by atoms with Crippen LogP contribution in [0, 0.1) is 0 Å². The highest BCUT2D eigenvalue weighted by atomic mass is 16.5. The monoisotopic (exact) mass is 266 g/mol. The van der Waals surface area contributed by atoms with Crippen LogP contribution >= 0.6 is 0 Å². The number of rotatable bonds is 4. The second kappa shape index (κ2) is 6.58. The second-order valence-corrected chi connectivity index (χ2v) is 6.07. The Morgan fingerprint density at radius 2 is 1.00 bits per heavy atom. The molecule has 2 N–H and O–H groups in total. The lowest BCUT2D eigenvalue weighted by molar-refractivity contribution is 0.0474. The first kappa shape index (κ1) is 14.6. The van der Waals surface area contributed by atoms with Gasteiger partial charge in [0.1, 0.15) is 0 Å². The van der Waals surface area contributed by atoms with Gasteiger partial charge < -0.3 is 14.9 Å². The first-order valence-corrected chi connectivity index (χ1v) is 7.58. The van der Waals surface area contributed by atoms with Gasteiger partial charge in [-0.25, -0.2) is 0 Å². The lowest BCUT2D eigenvalue weighted by Crippen LogP contribution is -2.28. The van der Waals surface area contributed by atoms with E-state index in [2.05, 4.69) is 0 Å². The molecule has 0 spiro atoms. The normalized spacial score (nSPS) is 26.8. The topological polar surface area (TPSA) is 49.7 Å². The van der Waals surface area contributed by atoms with Crippen molar-refractivity contribution in [1.82, 2.24) is 0 Å². The van der Waals surface area contributed by atoms with Crippen molar-refractivity contribution < 1.29 is 14.9 Å². The van der Waals surface area contributed by atoms with Crippen LogP contribution in [0.4, 0.5) is 0 Å². The fraction of sp³-hybridized carbons (Fsp3) is 0.750. The summed E-state index contributed by atoms with van der Waals surface area (Å²) in [6, 6.07) is 0. The molecule has 0 bridgehead atoms. The maximum atomic E-state index is 10.2. The average Bonchev–Trinajstić information content (AvgIpc) is 2.40. The molecule has 2 aliphatic carbocycles. The van der Waals surface area contributed by atoms with Gasteiger partial charge in [-0.2, -0.15) is 0 Å². The minimum Gasteiger partial charge on any atom is -0.473 e. The molecule has 2 aliphatic rings. The molecule has 2 rings (SSSR count). The van der Waals surface area contributed by atoms with E-state index in [-0.39, 0.29) is 0 Å². The third kappa shape index (κ3) is 4.66. The highest BCUT2D eigenvalue weighted by molar-refractivity contribution is 5.02. The quantitative estimate of drug-likeness (QED) is 0.767. The molecule has 2 fully saturated rings. The minimum atomic E-state index is -0.687. The molecule has 0 aliphatic heterocycles. The van der Waals surface area contributed by atoms with Gasteiger partial charge in [-0.05, 0) is 37.8 Å².